The summed E-state index contributed by atoms with van der Waals surface area (Å²) < 4.78 is 11.3. The second-order valence-electron chi connectivity index (χ2n) is 6.25. The molecule has 0 saturated heterocycles. The van der Waals surface area contributed by atoms with Crippen molar-refractivity contribution in [2.75, 3.05) is 40.5 Å². The van der Waals surface area contributed by atoms with Crippen molar-refractivity contribution in [1.82, 2.24) is 10.2 Å². The molecule has 5 heteroatoms. The molecular weight excluding hydrogens is 302 g/mol. The van der Waals surface area contributed by atoms with Crippen LogP contribution < -0.4 is 5.32 Å². The van der Waals surface area contributed by atoms with Crippen LogP contribution in [0.25, 0.3) is 0 Å². The van der Waals surface area contributed by atoms with Crippen molar-refractivity contribution in [2.24, 2.45) is 10.9 Å². The fourth-order valence-electron chi connectivity index (χ4n) is 2.48. The summed E-state index contributed by atoms with van der Waals surface area (Å²) in [6.07, 6.45) is 2.67. The number of ether oxygens (including phenoxy) is 2. The number of benzene rings is 1. The first-order valence-electron chi connectivity index (χ1n) is 8.88. The highest BCUT2D eigenvalue weighted by Gasteiger charge is 2.21. The Morgan fingerprint density at radius 3 is 2.67 bits per heavy atom. The highest BCUT2D eigenvalue weighted by atomic mass is 16.5. The van der Waals surface area contributed by atoms with E-state index in [1.54, 1.807) is 0 Å². The second kappa shape index (κ2) is 10.3. The molecule has 0 radical (unpaired) electrons. The summed E-state index contributed by atoms with van der Waals surface area (Å²) >= 11 is 0. The van der Waals surface area contributed by atoms with E-state index in [1.807, 2.05) is 21.0 Å². The Labute approximate surface area is 146 Å². The molecule has 1 saturated carbocycles. The van der Waals surface area contributed by atoms with Gasteiger partial charge in [0.2, 0.25) is 0 Å². The zero-order valence-electron chi connectivity index (χ0n) is 15.3. The summed E-state index contributed by atoms with van der Waals surface area (Å²) in [6.45, 7) is 6.63. The summed E-state index contributed by atoms with van der Waals surface area (Å²) in [5, 5.41) is 3.43. The van der Waals surface area contributed by atoms with Gasteiger partial charge in [-0.05, 0) is 36.8 Å². The van der Waals surface area contributed by atoms with Crippen molar-refractivity contribution in [2.45, 2.75) is 32.9 Å². The van der Waals surface area contributed by atoms with Crippen LogP contribution in [0, 0.1) is 5.92 Å². The predicted molar refractivity (Wildman–Crippen MR) is 98.1 cm³/mol. The SMILES string of the molecule is CCOCc1ccccc1CNC(=NC)N(C)CCOCC1CC1. The lowest BCUT2D eigenvalue weighted by molar-refractivity contribution is 0.115. The topological polar surface area (TPSA) is 46.1 Å². The van der Waals surface area contributed by atoms with Gasteiger partial charge in [0, 0.05) is 40.4 Å². The third-order valence-electron chi connectivity index (χ3n) is 4.21. The molecule has 0 spiro atoms. The molecule has 1 aliphatic rings. The van der Waals surface area contributed by atoms with Gasteiger partial charge in [-0.2, -0.15) is 0 Å². The zero-order chi connectivity index (χ0) is 17.2. The van der Waals surface area contributed by atoms with Gasteiger partial charge in [0.1, 0.15) is 0 Å². The van der Waals surface area contributed by atoms with Crippen molar-refractivity contribution in [3.05, 3.63) is 35.4 Å². The Morgan fingerprint density at radius 2 is 2.00 bits per heavy atom. The van der Waals surface area contributed by atoms with Crippen molar-refractivity contribution >= 4 is 5.96 Å². The number of hydrogen-bond acceptors (Lipinski definition) is 3. The molecule has 0 aromatic heterocycles. The molecule has 2 rings (SSSR count). The Balaban J connectivity index is 1.77. The monoisotopic (exact) mass is 333 g/mol. The van der Waals surface area contributed by atoms with Gasteiger partial charge in [-0.25, -0.2) is 0 Å². The van der Waals surface area contributed by atoms with Gasteiger partial charge in [-0.3, -0.25) is 4.99 Å². The normalized spacial score (nSPS) is 14.7. The minimum atomic E-state index is 0.651. The lowest BCUT2D eigenvalue weighted by atomic mass is 10.1. The maximum Gasteiger partial charge on any atom is 0.193 e. The van der Waals surface area contributed by atoms with E-state index in [9.17, 15) is 0 Å². The number of rotatable bonds is 10. The van der Waals surface area contributed by atoms with Crippen LogP contribution in [-0.2, 0) is 22.6 Å². The molecule has 1 aromatic rings. The molecular formula is C19H31N3O2. The molecule has 5 nitrogen and oxygen atoms in total. The van der Waals surface area contributed by atoms with Gasteiger partial charge >= 0.3 is 0 Å². The first kappa shape index (κ1) is 18.7. The predicted octanol–water partition coefficient (Wildman–Crippen LogP) is 2.66. The fourth-order valence-corrected chi connectivity index (χ4v) is 2.48. The molecule has 0 aliphatic heterocycles. The van der Waals surface area contributed by atoms with E-state index in [0.29, 0.717) is 6.61 Å². The number of hydrogen-bond donors (Lipinski definition) is 1. The van der Waals surface area contributed by atoms with Crippen LogP contribution in [-0.4, -0.2) is 51.3 Å². The number of likely N-dealkylation sites (N-methyl/N-ethyl adjacent to an activating group) is 1. The zero-order valence-corrected chi connectivity index (χ0v) is 15.3. The molecule has 0 amide bonds. The Bertz CT molecular complexity index is 515. The largest absolute Gasteiger partial charge is 0.379 e. The van der Waals surface area contributed by atoms with E-state index >= 15 is 0 Å². The Hall–Kier alpha value is -1.59. The first-order valence-corrected chi connectivity index (χ1v) is 8.88. The van der Waals surface area contributed by atoms with Crippen LogP contribution >= 0.6 is 0 Å². The van der Waals surface area contributed by atoms with Crippen LogP contribution in [0.3, 0.4) is 0 Å². The first-order chi connectivity index (χ1) is 11.7. The molecule has 1 fully saturated rings. The standard InChI is InChI=1S/C19H31N3O2/c1-4-23-15-18-8-6-5-7-17(18)13-21-19(20-2)22(3)11-12-24-14-16-9-10-16/h5-8,16H,4,9-15H2,1-3H3,(H,20,21). The number of guanidine groups is 1. The molecule has 24 heavy (non-hydrogen) atoms. The van der Waals surface area contributed by atoms with Crippen LogP contribution in [0.15, 0.2) is 29.3 Å². The van der Waals surface area contributed by atoms with E-state index in [-0.39, 0.29) is 0 Å². The number of nitrogens with zero attached hydrogens (tertiary/aromatic N) is 2. The Morgan fingerprint density at radius 1 is 1.25 bits per heavy atom. The average Bonchev–Trinajstić information content (AvgIpc) is 3.42. The lowest BCUT2D eigenvalue weighted by Crippen LogP contribution is -2.40. The van der Waals surface area contributed by atoms with Crippen LogP contribution in [0.2, 0.25) is 0 Å². The van der Waals surface area contributed by atoms with Crippen LogP contribution in [0.1, 0.15) is 30.9 Å². The van der Waals surface area contributed by atoms with Gasteiger partial charge in [0.25, 0.3) is 0 Å². The van der Waals surface area contributed by atoms with Crippen LogP contribution in [0.4, 0.5) is 0 Å². The van der Waals surface area contributed by atoms with Gasteiger partial charge in [0.05, 0.1) is 13.2 Å². The summed E-state index contributed by atoms with van der Waals surface area (Å²) in [6, 6.07) is 8.36. The summed E-state index contributed by atoms with van der Waals surface area (Å²) in [4.78, 5) is 6.47. The van der Waals surface area contributed by atoms with Crippen LogP contribution in [0.5, 0.6) is 0 Å². The molecule has 0 bridgehead atoms. The highest BCUT2D eigenvalue weighted by Crippen LogP contribution is 2.28. The van der Waals surface area contributed by atoms with Crippen molar-refractivity contribution in [1.29, 1.82) is 0 Å². The molecule has 0 heterocycles. The van der Waals surface area contributed by atoms with Gasteiger partial charge in [0.15, 0.2) is 5.96 Å². The van der Waals surface area contributed by atoms with Gasteiger partial charge < -0.3 is 19.7 Å². The van der Waals surface area contributed by atoms with Gasteiger partial charge in [-0.15, -0.1) is 0 Å². The van der Waals surface area contributed by atoms with E-state index in [0.717, 1.165) is 44.8 Å². The molecule has 0 atom stereocenters. The average molecular weight is 333 g/mol. The second-order valence-corrected chi connectivity index (χ2v) is 6.25. The smallest absolute Gasteiger partial charge is 0.193 e. The number of nitrogens with one attached hydrogen (secondary N) is 1. The van der Waals surface area contributed by atoms with E-state index < -0.39 is 0 Å². The summed E-state index contributed by atoms with van der Waals surface area (Å²) in [7, 11) is 3.86. The molecule has 1 aromatic carbocycles. The van der Waals surface area contributed by atoms with E-state index in [2.05, 4.69) is 39.5 Å². The molecule has 1 aliphatic carbocycles. The highest BCUT2D eigenvalue weighted by molar-refractivity contribution is 5.79. The molecule has 1 N–H and O–H groups in total. The minimum Gasteiger partial charge on any atom is -0.379 e. The number of aliphatic imine (C=N–C) groups is 1. The summed E-state index contributed by atoms with van der Waals surface area (Å²) in [5.74, 6) is 1.70. The Kier molecular flexibility index (Phi) is 8.05. The van der Waals surface area contributed by atoms with Crippen molar-refractivity contribution in [3.63, 3.8) is 0 Å². The lowest BCUT2D eigenvalue weighted by Gasteiger charge is -2.22. The summed E-state index contributed by atoms with van der Waals surface area (Å²) in [5.41, 5.74) is 2.46. The van der Waals surface area contributed by atoms with E-state index in [4.69, 9.17) is 9.47 Å². The minimum absolute atomic E-state index is 0.651. The fraction of sp³-hybridized carbons (Fsp3) is 0.632. The maximum absolute atomic E-state index is 5.71. The maximum atomic E-state index is 5.71. The quantitative estimate of drug-likeness (QED) is 0.406. The third kappa shape index (κ3) is 6.49. The third-order valence-corrected chi connectivity index (χ3v) is 4.21. The molecule has 134 valence electrons. The van der Waals surface area contributed by atoms with Gasteiger partial charge in [-0.1, -0.05) is 24.3 Å². The molecule has 0 unspecified atom stereocenters. The van der Waals surface area contributed by atoms with Crippen molar-refractivity contribution in [3.8, 4) is 0 Å². The van der Waals surface area contributed by atoms with Crippen molar-refractivity contribution < 1.29 is 9.47 Å². The van der Waals surface area contributed by atoms with E-state index in [1.165, 1.54) is 24.0 Å².